The average molecular weight is 294 g/mol. The van der Waals surface area contributed by atoms with E-state index < -0.39 is 11.8 Å². The van der Waals surface area contributed by atoms with Crippen molar-refractivity contribution in [1.29, 1.82) is 0 Å². The zero-order chi connectivity index (χ0) is 16.0. The van der Waals surface area contributed by atoms with Gasteiger partial charge in [-0.1, -0.05) is 12.1 Å². The quantitative estimate of drug-likeness (QED) is 0.865. The van der Waals surface area contributed by atoms with Gasteiger partial charge in [-0.25, -0.2) is 4.39 Å². The van der Waals surface area contributed by atoms with Crippen LogP contribution < -0.4 is 5.32 Å². The maximum absolute atomic E-state index is 12.8. The Bertz CT molecular complexity index is 492. The standard InChI is InChI=1S/C16H23FN2O2/c1-5-19(16(2,3)4)15(21)14(20)18-11-10-12-6-8-13(17)9-7-12/h6-9H,5,10-11H2,1-4H3,(H,18,20). The van der Waals surface area contributed by atoms with Gasteiger partial charge < -0.3 is 10.2 Å². The molecule has 0 aliphatic rings. The number of likely N-dealkylation sites (N-methyl/N-ethyl adjacent to an activating group) is 1. The predicted octanol–water partition coefficient (Wildman–Crippen LogP) is 2.13. The molecule has 0 fully saturated rings. The lowest BCUT2D eigenvalue weighted by Gasteiger charge is -2.34. The van der Waals surface area contributed by atoms with Crippen LogP contribution in [0.1, 0.15) is 33.3 Å². The Hall–Kier alpha value is -1.91. The fourth-order valence-electron chi connectivity index (χ4n) is 2.09. The van der Waals surface area contributed by atoms with Gasteiger partial charge in [0.05, 0.1) is 0 Å². The van der Waals surface area contributed by atoms with E-state index in [1.807, 2.05) is 27.7 Å². The van der Waals surface area contributed by atoms with Crippen molar-refractivity contribution in [1.82, 2.24) is 10.2 Å². The molecule has 0 radical (unpaired) electrons. The number of halogens is 1. The molecule has 0 atom stereocenters. The molecule has 1 N–H and O–H groups in total. The van der Waals surface area contributed by atoms with Crippen molar-refractivity contribution in [2.24, 2.45) is 0 Å². The summed E-state index contributed by atoms with van der Waals surface area (Å²) in [6, 6.07) is 6.08. The van der Waals surface area contributed by atoms with E-state index in [2.05, 4.69) is 5.32 Å². The number of nitrogens with zero attached hydrogens (tertiary/aromatic N) is 1. The van der Waals surface area contributed by atoms with Crippen molar-refractivity contribution in [2.45, 2.75) is 39.7 Å². The van der Waals surface area contributed by atoms with Gasteiger partial charge in [0.15, 0.2) is 0 Å². The molecule has 116 valence electrons. The topological polar surface area (TPSA) is 49.4 Å². The van der Waals surface area contributed by atoms with Gasteiger partial charge >= 0.3 is 11.8 Å². The van der Waals surface area contributed by atoms with Crippen molar-refractivity contribution in [3.8, 4) is 0 Å². The first-order valence-electron chi connectivity index (χ1n) is 7.10. The fourth-order valence-corrected chi connectivity index (χ4v) is 2.09. The monoisotopic (exact) mass is 294 g/mol. The summed E-state index contributed by atoms with van der Waals surface area (Å²) in [5.41, 5.74) is 0.521. The minimum Gasteiger partial charge on any atom is -0.347 e. The highest BCUT2D eigenvalue weighted by atomic mass is 19.1. The molecule has 4 nitrogen and oxygen atoms in total. The first kappa shape index (κ1) is 17.1. The highest BCUT2D eigenvalue weighted by Crippen LogP contribution is 2.12. The Balaban J connectivity index is 2.49. The Morgan fingerprint density at radius 3 is 2.24 bits per heavy atom. The maximum atomic E-state index is 12.8. The van der Waals surface area contributed by atoms with Crippen LogP contribution in [0.3, 0.4) is 0 Å². The van der Waals surface area contributed by atoms with Gasteiger partial charge in [0.25, 0.3) is 0 Å². The molecule has 1 aromatic carbocycles. The van der Waals surface area contributed by atoms with Crippen molar-refractivity contribution >= 4 is 11.8 Å². The Labute approximate surface area is 125 Å². The van der Waals surface area contributed by atoms with Crippen LogP contribution in [-0.2, 0) is 16.0 Å². The summed E-state index contributed by atoms with van der Waals surface area (Å²) in [6.07, 6.45) is 0.556. The zero-order valence-electron chi connectivity index (χ0n) is 13.1. The molecule has 0 heterocycles. The molecule has 21 heavy (non-hydrogen) atoms. The lowest BCUT2D eigenvalue weighted by Crippen LogP contribution is -2.51. The van der Waals surface area contributed by atoms with Crippen LogP contribution in [0.5, 0.6) is 0 Å². The van der Waals surface area contributed by atoms with Crippen molar-refractivity contribution in [3.05, 3.63) is 35.6 Å². The molecule has 0 bridgehead atoms. The third kappa shape index (κ3) is 5.17. The minimum absolute atomic E-state index is 0.290. The summed E-state index contributed by atoms with van der Waals surface area (Å²) in [5.74, 6) is -1.42. The van der Waals surface area contributed by atoms with Gasteiger partial charge in [-0.3, -0.25) is 9.59 Å². The van der Waals surface area contributed by atoms with E-state index in [0.29, 0.717) is 19.5 Å². The lowest BCUT2D eigenvalue weighted by atomic mass is 10.1. The average Bonchev–Trinajstić information content (AvgIpc) is 2.40. The summed E-state index contributed by atoms with van der Waals surface area (Å²) >= 11 is 0. The Morgan fingerprint density at radius 2 is 1.76 bits per heavy atom. The van der Waals surface area contributed by atoms with Crippen LogP contribution >= 0.6 is 0 Å². The second kappa shape index (κ2) is 7.20. The van der Waals surface area contributed by atoms with Crippen molar-refractivity contribution < 1.29 is 14.0 Å². The lowest BCUT2D eigenvalue weighted by molar-refractivity contribution is -0.148. The number of amides is 2. The number of carbonyl (C=O) groups excluding carboxylic acids is 2. The molecule has 0 spiro atoms. The number of hydrogen-bond acceptors (Lipinski definition) is 2. The molecule has 0 saturated carbocycles. The molecule has 5 heteroatoms. The minimum atomic E-state index is -0.603. The summed E-state index contributed by atoms with van der Waals surface area (Å²) in [7, 11) is 0. The number of nitrogens with one attached hydrogen (secondary N) is 1. The molecule has 2 amide bonds. The zero-order valence-corrected chi connectivity index (χ0v) is 13.1. The van der Waals surface area contributed by atoms with Crippen LogP contribution in [-0.4, -0.2) is 35.3 Å². The fraction of sp³-hybridized carbons (Fsp3) is 0.500. The van der Waals surface area contributed by atoms with Gasteiger partial charge in [0.2, 0.25) is 0 Å². The van der Waals surface area contributed by atoms with Crippen LogP contribution in [0.25, 0.3) is 0 Å². The molecule has 0 saturated heterocycles. The third-order valence-corrected chi connectivity index (χ3v) is 3.18. The number of carbonyl (C=O) groups is 2. The van der Waals surface area contributed by atoms with E-state index in [4.69, 9.17) is 0 Å². The Kier molecular flexibility index (Phi) is 5.88. The number of rotatable bonds is 4. The second-order valence-electron chi connectivity index (χ2n) is 5.85. The number of hydrogen-bond donors (Lipinski definition) is 1. The van der Waals surface area contributed by atoms with E-state index in [1.165, 1.54) is 17.0 Å². The molecule has 1 rings (SSSR count). The van der Waals surface area contributed by atoms with Gasteiger partial charge in [-0.2, -0.15) is 0 Å². The van der Waals surface area contributed by atoms with E-state index in [9.17, 15) is 14.0 Å². The summed E-state index contributed by atoms with van der Waals surface area (Å²) in [4.78, 5) is 25.5. The molecular weight excluding hydrogens is 271 g/mol. The molecule has 0 unspecified atom stereocenters. The van der Waals surface area contributed by atoms with E-state index >= 15 is 0 Å². The second-order valence-corrected chi connectivity index (χ2v) is 5.85. The first-order valence-corrected chi connectivity index (χ1v) is 7.10. The normalized spacial score (nSPS) is 11.1. The first-order chi connectivity index (χ1) is 9.75. The maximum Gasteiger partial charge on any atom is 0.312 e. The molecule has 0 aliphatic heterocycles. The molecule has 0 aromatic heterocycles. The van der Waals surface area contributed by atoms with Gasteiger partial charge in [-0.15, -0.1) is 0 Å². The summed E-state index contributed by atoms with van der Waals surface area (Å²) in [6.45, 7) is 8.33. The van der Waals surface area contributed by atoms with E-state index in [-0.39, 0.29) is 11.4 Å². The van der Waals surface area contributed by atoms with E-state index in [0.717, 1.165) is 5.56 Å². The Morgan fingerprint density at radius 1 is 1.19 bits per heavy atom. The van der Waals surface area contributed by atoms with E-state index in [1.54, 1.807) is 12.1 Å². The van der Waals surface area contributed by atoms with Crippen LogP contribution in [0, 0.1) is 5.82 Å². The van der Waals surface area contributed by atoms with Gasteiger partial charge in [-0.05, 0) is 51.8 Å². The van der Waals surface area contributed by atoms with Crippen molar-refractivity contribution in [2.75, 3.05) is 13.1 Å². The van der Waals surface area contributed by atoms with Crippen LogP contribution in [0.4, 0.5) is 4.39 Å². The van der Waals surface area contributed by atoms with Gasteiger partial charge in [0.1, 0.15) is 5.82 Å². The molecular formula is C16H23FN2O2. The summed E-state index contributed by atoms with van der Waals surface area (Å²) < 4.78 is 12.8. The SMILES string of the molecule is CCN(C(=O)C(=O)NCCc1ccc(F)cc1)C(C)(C)C. The van der Waals surface area contributed by atoms with Crippen LogP contribution in [0.2, 0.25) is 0 Å². The van der Waals surface area contributed by atoms with Crippen LogP contribution in [0.15, 0.2) is 24.3 Å². The molecule has 0 aliphatic carbocycles. The van der Waals surface area contributed by atoms with Gasteiger partial charge in [0, 0.05) is 18.6 Å². The summed E-state index contributed by atoms with van der Waals surface area (Å²) in [5, 5.41) is 2.61. The molecule has 1 aromatic rings. The highest BCUT2D eigenvalue weighted by molar-refractivity contribution is 6.35. The largest absolute Gasteiger partial charge is 0.347 e. The number of benzene rings is 1. The highest BCUT2D eigenvalue weighted by Gasteiger charge is 2.29. The third-order valence-electron chi connectivity index (χ3n) is 3.18. The predicted molar refractivity (Wildman–Crippen MR) is 80.3 cm³/mol. The van der Waals surface area contributed by atoms with Crippen molar-refractivity contribution in [3.63, 3.8) is 0 Å². The smallest absolute Gasteiger partial charge is 0.312 e.